The molecule has 0 saturated carbocycles. The first-order valence-electron chi connectivity index (χ1n) is 8.01. The molecule has 0 aliphatic carbocycles. The summed E-state index contributed by atoms with van der Waals surface area (Å²) < 4.78 is 5.10. The highest BCUT2D eigenvalue weighted by molar-refractivity contribution is 6.30. The monoisotopic (exact) mass is 367 g/mol. The third kappa shape index (κ3) is 4.32. The smallest absolute Gasteiger partial charge is 0.323 e. The number of carbonyl (C=O) groups excluding carboxylic acids is 1. The quantitative estimate of drug-likeness (QED) is 0.652. The van der Waals surface area contributed by atoms with E-state index in [0.29, 0.717) is 16.4 Å². The predicted molar refractivity (Wildman–Crippen MR) is 105 cm³/mol. The zero-order valence-electron chi connectivity index (χ0n) is 14.4. The van der Waals surface area contributed by atoms with Gasteiger partial charge in [-0.05, 0) is 55.5 Å². The van der Waals surface area contributed by atoms with Gasteiger partial charge in [-0.15, -0.1) is 0 Å². The molecule has 0 saturated heterocycles. The van der Waals surface area contributed by atoms with Crippen LogP contribution in [0.2, 0.25) is 5.02 Å². The maximum atomic E-state index is 12.2. The molecule has 2 amide bonds. The Bertz CT molecular complexity index is 909. The number of urea groups is 1. The van der Waals surface area contributed by atoms with E-state index in [1.807, 2.05) is 43.3 Å². The van der Waals surface area contributed by atoms with Crippen molar-refractivity contribution in [2.75, 3.05) is 17.7 Å². The fourth-order valence-corrected chi connectivity index (χ4v) is 2.56. The summed E-state index contributed by atoms with van der Waals surface area (Å²) in [6, 6.07) is 17.9. The standard InChI is InChI=1S/C20H18ClN3O2/c1-13-18(11-12-19(22-13)14-3-5-15(21)6-4-14)24-20(25)23-16-7-9-17(26-2)10-8-16/h3-12H,1-2H3,(H2,23,24,25). The molecule has 0 aliphatic heterocycles. The van der Waals surface area contributed by atoms with E-state index in [9.17, 15) is 4.79 Å². The maximum absolute atomic E-state index is 12.2. The van der Waals surface area contributed by atoms with Crippen LogP contribution in [0.1, 0.15) is 5.69 Å². The molecule has 1 heterocycles. The zero-order valence-corrected chi connectivity index (χ0v) is 15.2. The van der Waals surface area contributed by atoms with Crippen LogP contribution in [-0.2, 0) is 0 Å². The van der Waals surface area contributed by atoms with Crippen molar-refractivity contribution in [2.24, 2.45) is 0 Å². The van der Waals surface area contributed by atoms with Crippen molar-refractivity contribution in [2.45, 2.75) is 6.92 Å². The van der Waals surface area contributed by atoms with Crippen molar-refractivity contribution in [1.82, 2.24) is 4.98 Å². The molecule has 0 spiro atoms. The Morgan fingerprint density at radius 2 is 1.65 bits per heavy atom. The first-order valence-corrected chi connectivity index (χ1v) is 8.38. The lowest BCUT2D eigenvalue weighted by atomic mass is 10.1. The first kappa shape index (κ1) is 17.8. The Kier molecular flexibility index (Phi) is 5.39. The normalized spacial score (nSPS) is 10.3. The number of pyridine rings is 1. The molecular formula is C20H18ClN3O2. The Balaban J connectivity index is 1.69. The van der Waals surface area contributed by atoms with Gasteiger partial charge in [-0.2, -0.15) is 0 Å². The summed E-state index contributed by atoms with van der Waals surface area (Å²) in [4.78, 5) is 16.7. The molecule has 0 atom stereocenters. The van der Waals surface area contributed by atoms with Crippen LogP contribution in [0, 0.1) is 6.92 Å². The summed E-state index contributed by atoms with van der Waals surface area (Å²) >= 11 is 5.91. The first-order chi connectivity index (χ1) is 12.5. The van der Waals surface area contributed by atoms with Crippen molar-refractivity contribution in [3.8, 4) is 17.0 Å². The second-order valence-electron chi connectivity index (χ2n) is 5.64. The van der Waals surface area contributed by atoms with Crippen LogP contribution in [0.5, 0.6) is 5.75 Å². The number of benzene rings is 2. The van der Waals surface area contributed by atoms with Gasteiger partial charge in [-0.3, -0.25) is 4.98 Å². The summed E-state index contributed by atoms with van der Waals surface area (Å²) in [5.41, 5.74) is 3.83. The Labute approximate surface area is 157 Å². The highest BCUT2D eigenvalue weighted by Crippen LogP contribution is 2.23. The summed E-state index contributed by atoms with van der Waals surface area (Å²) in [5, 5.41) is 6.26. The highest BCUT2D eigenvalue weighted by atomic mass is 35.5. The molecule has 132 valence electrons. The van der Waals surface area contributed by atoms with Gasteiger partial charge in [0.05, 0.1) is 24.2 Å². The molecule has 2 aromatic carbocycles. The summed E-state index contributed by atoms with van der Waals surface area (Å²) in [6.45, 7) is 1.85. The van der Waals surface area contributed by atoms with Crippen LogP contribution in [0.4, 0.5) is 16.2 Å². The number of aromatic nitrogens is 1. The molecule has 5 nitrogen and oxygen atoms in total. The van der Waals surface area contributed by atoms with Gasteiger partial charge in [0.1, 0.15) is 5.75 Å². The highest BCUT2D eigenvalue weighted by Gasteiger charge is 2.08. The zero-order chi connectivity index (χ0) is 18.5. The molecule has 0 radical (unpaired) electrons. The predicted octanol–water partition coefficient (Wildman–Crippen LogP) is 5.36. The SMILES string of the molecule is COc1ccc(NC(=O)Nc2ccc(-c3ccc(Cl)cc3)nc2C)cc1. The van der Waals surface area contributed by atoms with E-state index in [1.54, 1.807) is 31.4 Å². The van der Waals surface area contributed by atoms with Gasteiger partial charge in [0.15, 0.2) is 0 Å². The van der Waals surface area contributed by atoms with Gasteiger partial charge >= 0.3 is 6.03 Å². The number of hydrogen-bond acceptors (Lipinski definition) is 3. The Hall–Kier alpha value is -3.05. The van der Waals surface area contributed by atoms with Gasteiger partial charge in [-0.1, -0.05) is 23.7 Å². The van der Waals surface area contributed by atoms with Gasteiger partial charge < -0.3 is 15.4 Å². The maximum Gasteiger partial charge on any atom is 0.323 e. The third-order valence-corrected chi connectivity index (χ3v) is 4.07. The number of aryl methyl sites for hydroxylation is 1. The topological polar surface area (TPSA) is 63.2 Å². The van der Waals surface area contributed by atoms with Crippen LogP contribution in [0.3, 0.4) is 0 Å². The fourth-order valence-electron chi connectivity index (χ4n) is 2.43. The van der Waals surface area contributed by atoms with E-state index < -0.39 is 0 Å². The van der Waals surface area contributed by atoms with E-state index in [2.05, 4.69) is 15.6 Å². The average molecular weight is 368 g/mol. The number of carbonyl (C=O) groups is 1. The van der Waals surface area contributed by atoms with Gasteiger partial charge in [-0.25, -0.2) is 4.79 Å². The lowest BCUT2D eigenvalue weighted by Crippen LogP contribution is -2.20. The molecule has 3 rings (SSSR count). The number of hydrogen-bond donors (Lipinski definition) is 2. The molecule has 0 fully saturated rings. The number of amides is 2. The van der Waals surface area contributed by atoms with E-state index >= 15 is 0 Å². The number of rotatable bonds is 4. The number of nitrogens with one attached hydrogen (secondary N) is 2. The van der Waals surface area contributed by atoms with Crippen molar-refractivity contribution < 1.29 is 9.53 Å². The van der Waals surface area contributed by atoms with Crippen LogP contribution in [0.25, 0.3) is 11.3 Å². The van der Waals surface area contributed by atoms with Crippen molar-refractivity contribution in [1.29, 1.82) is 0 Å². The van der Waals surface area contributed by atoms with Gasteiger partial charge in [0, 0.05) is 16.3 Å². The second-order valence-corrected chi connectivity index (χ2v) is 6.08. The van der Waals surface area contributed by atoms with Crippen molar-refractivity contribution >= 4 is 29.0 Å². The van der Waals surface area contributed by atoms with Crippen LogP contribution in [0.15, 0.2) is 60.7 Å². The van der Waals surface area contributed by atoms with Crippen LogP contribution >= 0.6 is 11.6 Å². The number of ether oxygens (including phenoxy) is 1. The van der Waals surface area contributed by atoms with Gasteiger partial charge in [0.25, 0.3) is 0 Å². The van der Waals surface area contributed by atoms with Crippen molar-refractivity contribution in [3.63, 3.8) is 0 Å². The number of anilines is 2. The molecular weight excluding hydrogens is 350 g/mol. The summed E-state index contributed by atoms with van der Waals surface area (Å²) in [5.74, 6) is 0.730. The molecule has 3 aromatic rings. The molecule has 26 heavy (non-hydrogen) atoms. The molecule has 0 bridgehead atoms. The van der Waals surface area contributed by atoms with Crippen LogP contribution < -0.4 is 15.4 Å². The minimum Gasteiger partial charge on any atom is -0.497 e. The second kappa shape index (κ2) is 7.89. The minimum absolute atomic E-state index is 0.334. The third-order valence-electron chi connectivity index (χ3n) is 3.82. The number of methoxy groups -OCH3 is 1. The number of halogens is 1. The van der Waals surface area contributed by atoms with E-state index in [1.165, 1.54) is 0 Å². The number of nitrogens with zero attached hydrogens (tertiary/aromatic N) is 1. The summed E-state index contributed by atoms with van der Waals surface area (Å²) in [6.07, 6.45) is 0. The minimum atomic E-state index is -0.334. The van der Waals surface area contributed by atoms with Crippen LogP contribution in [-0.4, -0.2) is 18.1 Å². The molecule has 0 unspecified atom stereocenters. The van der Waals surface area contributed by atoms with E-state index in [-0.39, 0.29) is 6.03 Å². The van der Waals surface area contributed by atoms with Crippen molar-refractivity contribution in [3.05, 3.63) is 71.4 Å². The lowest BCUT2D eigenvalue weighted by molar-refractivity contribution is 0.262. The summed E-state index contributed by atoms with van der Waals surface area (Å²) in [7, 11) is 1.60. The molecule has 0 aliphatic rings. The average Bonchev–Trinajstić information content (AvgIpc) is 2.64. The van der Waals surface area contributed by atoms with E-state index in [4.69, 9.17) is 16.3 Å². The largest absolute Gasteiger partial charge is 0.497 e. The molecule has 2 N–H and O–H groups in total. The Morgan fingerprint density at radius 1 is 0.962 bits per heavy atom. The Morgan fingerprint density at radius 3 is 2.27 bits per heavy atom. The van der Waals surface area contributed by atoms with Gasteiger partial charge in [0.2, 0.25) is 0 Å². The molecule has 6 heteroatoms. The lowest BCUT2D eigenvalue weighted by Gasteiger charge is -2.11. The molecule has 1 aromatic heterocycles. The fraction of sp³-hybridized carbons (Fsp3) is 0.100. The van der Waals surface area contributed by atoms with E-state index in [0.717, 1.165) is 22.7 Å².